The van der Waals surface area contributed by atoms with Crippen LogP contribution in [0.15, 0.2) is 24.3 Å². The molecule has 1 N–H and O–H groups in total. The fraction of sp³-hybridized carbons (Fsp3) is 0.462. The van der Waals surface area contributed by atoms with Gasteiger partial charge in [-0.1, -0.05) is 28.1 Å². The third-order valence-corrected chi connectivity index (χ3v) is 2.92. The van der Waals surface area contributed by atoms with Crippen molar-refractivity contribution in [3.05, 3.63) is 29.8 Å². The van der Waals surface area contributed by atoms with Gasteiger partial charge in [-0.2, -0.15) is 0 Å². The number of aliphatic hydroxyl groups excluding tert-OH is 1. The Bertz CT molecular complexity index is 380. The van der Waals surface area contributed by atoms with Crippen LogP contribution in [0.4, 0.5) is 0 Å². The van der Waals surface area contributed by atoms with Crippen molar-refractivity contribution in [2.24, 2.45) is 0 Å². The van der Waals surface area contributed by atoms with Gasteiger partial charge in [0, 0.05) is 19.3 Å². The Morgan fingerprint density at radius 1 is 1.44 bits per heavy atom. The molecule has 0 aliphatic rings. The molecule has 0 aliphatic heterocycles. The van der Waals surface area contributed by atoms with E-state index in [1.807, 2.05) is 24.3 Å². The van der Waals surface area contributed by atoms with Crippen molar-refractivity contribution >= 4 is 21.8 Å². The number of ether oxygens (including phenoxy) is 1. The number of benzene rings is 1. The van der Waals surface area contributed by atoms with Crippen molar-refractivity contribution in [3.8, 4) is 5.75 Å². The SMILES string of the molecule is CC(=O)N(C)C[C@H](O)c1ccc(OCCBr)cc1. The van der Waals surface area contributed by atoms with E-state index >= 15 is 0 Å². The third-order valence-electron chi connectivity index (χ3n) is 2.60. The van der Waals surface area contributed by atoms with Crippen LogP contribution in [0.2, 0.25) is 0 Å². The quantitative estimate of drug-likeness (QED) is 0.817. The highest BCUT2D eigenvalue weighted by Gasteiger charge is 2.12. The largest absolute Gasteiger partial charge is 0.493 e. The minimum atomic E-state index is -0.677. The Morgan fingerprint density at radius 2 is 2.06 bits per heavy atom. The second kappa shape index (κ2) is 7.38. The molecule has 0 aromatic heterocycles. The van der Waals surface area contributed by atoms with Crippen molar-refractivity contribution < 1.29 is 14.6 Å². The molecule has 0 heterocycles. The average molecular weight is 316 g/mol. The van der Waals surface area contributed by atoms with E-state index in [-0.39, 0.29) is 12.5 Å². The molecule has 5 heteroatoms. The lowest BCUT2D eigenvalue weighted by Gasteiger charge is -2.19. The van der Waals surface area contributed by atoms with E-state index in [1.54, 1.807) is 7.05 Å². The monoisotopic (exact) mass is 315 g/mol. The lowest BCUT2D eigenvalue weighted by Crippen LogP contribution is -2.28. The van der Waals surface area contributed by atoms with E-state index in [0.717, 1.165) is 16.6 Å². The summed E-state index contributed by atoms with van der Waals surface area (Å²) in [5, 5.41) is 10.7. The van der Waals surface area contributed by atoms with Gasteiger partial charge in [0.25, 0.3) is 0 Å². The number of hydrogen-bond acceptors (Lipinski definition) is 3. The van der Waals surface area contributed by atoms with E-state index in [9.17, 15) is 9.90 Å². The van der Waals surface area contributed by atoms with Gasteiger partial charge >= 0.3 is 0 Å². The van der Waals surface area contributed by atoms with Crippen LogP contribution in [0.1, 0.15) is 18.6 Å². The number of carbonyl (C=O) groups is 1. The predicted molar refractivity (Wildman–Crippen MR) is 74.0 cm³/mol. The van der Waals surface area contributed by atoms with Crippen molar-refractivity contribution in [2.75, 3.05) is 25.5 Å². The second-order valence-corrected chi connectivity index (χ2v) is 4.81. The van der Waals surface area contributed by atoms with Crippen molar-refractivity contribution in [2.45, 2.75) is 13.0 Å². The highest BCUT2D eigenvalue weighted by molar-refractivity contribution is 9.09. The first kappa shape index (κ1) is 15.0. The summed E-state index contributed by atoms with van der Waals surface area (Å²) in [6, 6.07) is 7.24. The van der Waals surface area contributed by atoms with E-state index in [2.05, 4.69) is 15.9 Å². The number of halogens is 1. The lowest BCUT2D eigenvalue weighted by molar-refractivity contribution is -0.128. The van der Waals surface area contributed by atoms with Crippen LogP contribution in [-0.2, 0) is 4.79 Å². The van der Waals surface area contributed by atoms with Crippen molar-refractivity contribution in [1.29, 1.82) is 0 Å². The molecule has 100 valence electrons. The van der Waals surface area contributed by atoms with E-state index in [4.69, 9.17) is 4.74 Å². The molecule has 0 saturated carbocycles. The minimum absolute atomic E-state index is 0.0636. The maximum Gasteiger partial charge on any atom is 0.219 e. The van der Waals surface area contributed by atoms with E-state index in [1.165, 1.54) is 11.8 Å². The molecular weight excluding hydrogens is 298 g/mol. The maximum absolute atomic E-state index is 11.1. The molecule has 1 amide bonds. The molecule has 1 atom stereocenters. The van der Waals surface area contributed by atoms with Crippen LogP contribution in [0.3, 0.4) is 0 Å². The first-order valence-corrected chi connectivity index (χ1v) is 6.85. The van der Waals surface area contributed by atoms with E-state index in [0.29, 0.717) is 6.61 Å². The van der Waals surface area contributed by atoms with Crippen molar-refractivity contribution in [3.63, 3.8) is 0 Å². The minimum Gasteiger partial charge on any atom is -0.493 e. The zero-order chi connectivity index (χ0) is 13.5. The fourth-order valence-corrected chi connectivity index (χ4v) is 1.60. The smallest absolute Gasteiger partial charge is 0.219 e. The second-order valence-electron chi connectivity index (χ2n) is 4.02. The molecule has 4 nitrogen and oxygen atoms in total. The summed E-state index contributed by atoms with van der Waals surface area (Å²) in [4.78, 5) is 12.6. The molecule has 0 radical (unpaired) electrons. The number of rotatable bonds is 6. The van der Waals surface area contributed by atoms with Crippen LogP contribution in [-0.4, -0.2) is 41.4 Å². The van der Waals surface area contributed by atoms with Crippen molar-refractivity contribution in [1.82, 2.24) is 4.90 Å². The van der Waals surface area contributed by atoms with Gasteiger partial charge in [0.05, 0.1) is 19.3 Å². The van der Waals surface area contributed by atoms with Gasteiger partial charge in [-0.25, -0.2) is 0 Å². The van der Waals surface area contributed by atoms with Gasteiger partial charge in [-0.15, -0.1) is 0 Å². The fourth-order valence-electron chi connectivity index (χ4n) is 1.44. The number of amides is 1. The maximum atomic E-state index is 11.1. The van der Waals surface area contributed by atoms with Gasteiger partial charge in [-0.05, 0) is 17.7 Å². The van der Waals surface area contributed by atoms with Gasteiger partial charge in [-0.3, -0.25) is 4.79 Å². The Labute approximate surface area is 116 Å². The van der Waals surface area contributed by atoms with Gasteiger partial charge < -0.3 is 14.7 Å². The molecule has 0 spiro atoms. The summed E-state index contributed by atoms with van der Waals surface area (Å²) >= 11 is 3.28. The highest BCUT2D eigenvalue weighted by atomic mass is 79.9. The normalized spacial score (nSPS) is 12.0. The zero-order valence-electron chi connectivity index (χ0n) is 10.6. The molecule has 1 aromatic rings. The topological polar surface area (TPSA) is 49.8 Å². The summed E-state index contributed by atoms with van der Waals surface area (Å²) in [5.74, 6) is 0.705. The lowest BCUT2D eigenvalue weighted by atomic mass is 10.1. The Balaban J connectivity index is 2.58. The van der Waals surface area contributed by atoms with E-state index < -0.39 is 6.10 Å². The van der Waals surface area contributed by atoms with Gasteiger partial charge in [0.2, 0.25) is 5.91 Å². The summed E-state index contributed by atoms with van der Waals surface area (Å²) in [7, 11) is 1.67. The molecule has 0 bridgehead atoms. The van der Waals surface area contributed by atoms with Gasteiger partial charge in [0.15, 0.2) is 0 Å². The van der Waals surface area contributed by atoms with Crippen LogP contribution < -0.4 is 4.74 Å². The first-order valence-electron chi connectivity index (χ1n) is 5.73. The standard InChI is InChI=1S/C13H18BrNO3/c1-10(16)15(2)9-13(17)11-3-5-12(6-4-11)18-8-7-14/h3-6,13,17H,7-9H2,1-2H3/t13-/m0/s1. The number of hydrogen-bond donors (Lipinski definition) is 1. The molecule has 18 heavy (non-hydrogen) atoms. The third kappa shape index (κ3) is 4.66. The number of carbonyl (C=O) groups excluding carboxylic acids is 1. The molecule has 0 fully saturated rings. The summed E-state index contributed by atoms with van der Waals surface area (Å²) in [6.45, 7) is 2.37. The molecular formula is C13H18BrNO3. The van der Waals surface area contributed by atoms with Gasteiger partial charge in [0.1, 0.15) is 5.75 Å². The predicted octanol–water partition coefficient (Wildman–Crippen LogP) is 1.97. The molecule has 1 rings (SSSR count). The molecule has 0 aliphatic carbocycles. The Kier molecular flexibility index (Phi) is 6.15. The van der Waals surface area contributed by atoms with Crippen LogP contribution in [0.25, 0.3) is 0 Å². The Hall–Kier alpha value is -1.07. The summed E-state index contributed by atoms with van der Waals surface area (Å²) in [6.07, 6.45) is -0.677. The number of alkyl halides is 1. The number of aliphatic hydroxyl groups is 1. The molecule has 0 unspecified atom stereocenters. The van der Waals surface area contributed by atoms with Crippen LogP contribution in [0.5, 0.6) is 5.75 Å². The molecule has 1 aromatic carbocycles. The number of nitrogens with zero attached hydrogens (tertiary/aromatic N) is 1. The Morgan fingerprint density at radius 3 is 2.56 bits per heavy atom. The number of likely N-dealkylation sites (N-methyl/N-ethyl adjacent to an activating group) is 1. The summed E-state index contributed by atoms with van der Waals surface area (Å²) < 4.78 is 5.42. The zero-order valence-corrected chi connectivity index (χ0v) is 12.2. The summed E-state index contributed by atoms with van der Waals surface area (Å²) in [5.41, 5.74) is 0.772. The highest BCUT2D eigenvalue weighted by Crippen LogP contribution is 2.18. The van der Waals surface area contributed by atoms with Crippen LogP contribution >= 0.6 is 15.9 Å². The first-order chi connectivity index (χ1) is 8.54. The van der Waals surface area contributed by atoms with Crippen LogP contribution in [0, 0.1) is 0 Å². The molecule has 0 saturated heterocycles. The average Bonchev–Trinajstić information content (AvgIpc) is 2.36.